The van der Waals surface area contributed by atoms with Crippen molar-refractivity contribution in [1.29, 1.82) is 0 Å². The molecule has 0 unspecified atom stereocenters. The summed E-state index contributed by atoms with van der Waals surface area (Å²) in [6, 6.07) is 9.12. The summed E-state index contributed by atoms with van der Waals surface area (Å²) in [6.07, 6.45) is -3.20. The summed E-state index contributed by atoms with van der Waals surface area (Å²) in [7, 11) is -1.82. The number of carbonyl (C=O) groups is 1. The van der Waals surface area contributed by atoms with E-state index in [0.29, 0.717) is 18.9 Å². The minimum absolute atomic E-state index is 0.125. The third-order valence-corrected chi connectivity index (χ3v) is 8.35. The second-order valence-corrected chi connectivity index (χ2v) is 11.0. The molecule has 7 nitrogen and oxygen atoms in total. The molecule has 1 saturated heterocycles. The van der Waals surface area contributed by atoms with Crippen molar-refractivity contribution in [1.82, 2.24) is 9.21 Å². The van der Waals surface area contributed by atoms with Crippen LogP contribution in [0.3, 0.4) is 0 Å². The van der Waals surface area contributed by atoms with E-state index in [1.165, 1.54) is 9.87 Å². The van der Waals surface area contributed by atoms with Crippen LogP contribution in [0.4, 0.5) is 13.2 Å². The minimum atomic E-state index is -5.08. The molecule has 1 N–H and O–H groups in total. The Morgan fingerprint density at radius 3 is 2.42 bits per heavy atom. The molecule has 2 aromatic rings. The molecule has 0 amide bonds. The highest BCUT2D eigenvalue weighted by Crippen LogP contribution is 2.38. The van der Waals surface area contributed by atoms with E-state index in [1.807, 2.05) is 6.07 Å². The van der Waals surface area contributed by atoms with Crippen molar-refractivity contribution in [2.45, 2.75) is 30.5 Å². The van der Waals surface area contributed by atoms with Crippen LogP contribution in [0.15, 0.2) is 46.0 Å². The Morgan fingerprint density at radius 1 is 1.21 bits per heavy atom. The predicted molar refractivity (Wildman–Crippen MR) is 117 cm³/mol. The lowest BCUT2D eigenvalue weighted by Gasteiger charge is -2.44. The number of hydrogen-bond donors (Lipinski definition) is 1. The molecule has 4 rings (SSSR count). The van der Waals surface area contributed by atoms with Crippen molar-refractivity contribution in [2.24, 2.45) is 5.41 Å². The van der Waals surface area contributed by atoms with Crippen molar-refractivity contribution in [3.63, 3.8) is 0 Å². The highest BCUT2D eigenvalue weighted by atomic mass is 32.2. The van der Waals surface area contributed by atoms with Crippen molar-refractivity contribution >= 4 is 27.3 Å². The number of nitrogens with zero attached hydrogens (tertiary/aromatic N) is 2. The Balaban J connectivity index is 0.000000383. The molecule has 2 aliphatic rings. The van der Waals surface area contributed by atoms with Gasteiger partial charge in [-0.2, -0.15) is 24.5 Å². The molecule has 182 valence electrons. The van der Waals surface area contributed by atoms with Crippen LogP contribution in [0.2, 0.25) is 0 Å². The molecular formula is C21H25F3N2O5S2. The largest absolute Gasteiger partial charge is 0.492 e. The lowest BCUT2D eigenvalue weighted by Crippen LogP contribution is -2.50. The van der Waals surface area contributed by atoms with Gasteiger partial charge in [-0.05, 0) is 60.5 Å². The van der Waals surface area contributed by atoms with E-state index in [0.717, 1.165) is 32.5 Å². The Morgan fingerprint density at radius 2 is 1.85 bits per heavy atom. The number of alkyl halides is 3. The lowest BCUT2D eigenvalue weighted by atomic mass is 9.79. The first kappa shape index (κ1) is 25.5. The third-order valence-electron chi connectivity index (χ3n) is 5.77. The number of para-hydroxylation sites is 1. The second-order valence-electron chi connectivity index (χ2n) is 8.21. The number of hydrogen-bond acceptors (Lipinski definition) is 6. The van der Waals surface area contributed by atoms with Crippen molar-refractivity contribution in [2.75, 3.05) is 33.3 Å². The van der Waals surface area contributed by atoms with Gasteiger partial charge < -0.3 is 9.84 Å². The van der Waals surface area contributed by atoms with E-state index in [9.17, 15) is 21.6 Å². The summed E-state index contributed by atoms with van der Waals surface area (Å²) in [5.74, 6) is -2.29. The summed E-state index contributed by atoms with van der Waals surface area (Å²) in [4.78, 5) is 11.6. The number of thiophene rings is 1. The Hall–Kier alpha value is -2.15. The quantitative estimate of drug-likeness (QED) is 0.669. The average Bonchev–Trinajstić information content (AvgIpc) is 3.26. The first-order chi connectivity index (χ1) is 15.4. The number of fused-ring (bicyclic) bond motifs is 1. The first-order valence-corrected chi connectivity index (χ1v) is 12.5. The van der Waals surface area contributed by atoms with Crippen molar-refractivity contribution < 1.29 is 36.2 Å². The topological polar surface area (TPSA) is 87.2 Å². The fourth-order valence-electron chi connectivity index (χ4n) is 3.91. The molecule has 0 aliphatic carbocycles. The molecule has 0 radical (unpaired) electrons. The number of carboxylic acids is 1. The average molecular weight is 507 g/mol. The van der Waals surface area contributed by atoms with Crippen LogP contribution in [-0.4, -0.2) is 68.2 Å². The zero-order valence-corrected chi connectivity index (χ0v) is 19.5. The predicted octanol–water partition coefficient (Wildman–Crippen LogP) is 3.68. The van der Waals surface area contributed by atoms with Crippen LogP contribution in [0.1, 0.15) is 18.4 Å². The van der Waals surface area contributed by atoms with Gasteiger partial charge in [0.2, 0.25) is 10.0 Å². The van der Waals surface area contributed by atoms with E-state index < -0.39 is 22.2 Å². The standard InChI is InChI=1S/C19H24N2O3S2.C2HF3O2/c1-20-14-19(7-9-21(10-8-19)12-16-6-11-25-13-16)15-24-17-4-2-3-5-18(17)26(20,22)23;3-2(4,5)1(6)7/h2-6,11,13H,7-10,12,14-15H2,1H3;(H,6,7). The Labute approximate surface area is 194 Å². The number of carboxylic acid groups (broad SMARTS) is 1. The maximum Gasteiger partial charge on any atom is 0.490 e. The summed E-state index contributed by atoms with van der Waals surface area (Å²) < 4.78 is 65.1. The van der Waals surface area contributed by atoms with Gasteiger partial charge in [-0.25, -0.2) is 17.5 Å². The number of ether oxygens (including phenoxy) is 1. The van der Waals surface area contributed by atoms with Gasteiger partial charge in [0.15, 0.2) is 0 Å². The zero-order chi connectivity index (χ0) is 24.3. The van der Waals surface area contributed by atoms with Crippen LogP contribution < -0.4 is 4.74 Å². The molecule has 1 aromatic carbocycles. The maximum absolute atomic E-state index is 12.9. The van der Waals surface area contributed by atoms with Crippen molar-refractivity contribution in [3.8, 4) is 5.75 Å². The van der Waals surface area contributed by atoms with Gasteiger partial charge in [-0.1, -0.05) is 12.1 Å². The zero-order valence-electron chi connectivity index (χ0n) is 17.9. The molecule has 33 heavy (non-hydrogen) atoms. The molecule has 1 spiro atoms. The van der Waals surface area contributed by atoms with E-state index in [2.05, 4.69) is 21.7 Å². The van der Waals surface area contributed by atoms with Crippen LogP contribution in [0.5, 0.6) is 5.75 Å². The first-order valence-electron chi connectivity index (χ1n) is 10.1. The second kappa shape index (κ2) is 10.00. The fraction of sp³-hybridized carbons (Fsp3) is 0.476. The SMILES string of the molecule is CN1CC2(CCN(Cc3ccsc3)CC2)COc2ccccc2S1(=O)=O.O=C(O)C(F)(F)F. The molecule has 0 bridgehead atoms. The fourth-order valence-corrected chi connectivity index (χ4v) is 5.98. The van der Waals surface area contributed by atoms with Crippen LogP contribution in [0.25, 0.3) is 0 Å². The normalized spacial score (nSPS) is 20.5. The number of piperidine rings is 1. The molecule has 12 heteroatoms. The van der Waals surface area contributed by atoms with E-state index in [4.69, 9.17) is 14.6 Å². The van der Waals surface area contributed by atoms with Gasteiger partial charge in [-0.15, -0.1) is 0 Å². The summed E-state index contributed by atoms with van der Waals surface area (Å²) in [5, 5.41) is 11.4. The molecule has 0 atom stereocenters. The van der Waals surface area contributed by atoms with Gasteiger partial charge in [-0.3, -0.25) is 4.90 Å². The molecule has 1 aromatic heterocycles. The van der Waals surface area contributed by atoms with Crippen LogP contribution >= 0.6 is 11.3 Å². The van der Waals surface area contributed by atoms with E-state index in [-0.39, 0.29) is 10.3 Å². The Kier molecular flexibility index (Phi) is 7.72. The maximum atomic E-state index is 12.9. The molecule has 2 aliphatic heterocycles. The Bertz CT molecular complexity index is 1050. The van der Waals surface area contributed by atoms with Crippen LogP contribution in [0, 0.1) is 5.41 Å². The summed E-state index contributed by atoms with van der Waals surface area (Å²) in [6.45, 7) is 3.98. The third kappa shape index (κ3) is 6.25. The monoisotopic (exact) mass is 506 g/mol. The smallest absolute Gasteiger partial charge is 0.490 e. The highest BCUT2D eigenvalue weighted by molar-refractivity contribution is 7.89. The summed E-state index contributed by atoms with van der Waals surface area (Å²) in [5.41, 5.74) is 1.23. The number of halogens is 3. The number of aliphatic carboxylic acids is 1. The molecular weight excluding hydrogens is 481 g/mol. The van der Waals surface area contributed by atoms with E-state index >= 15 is 0 Å². The molecule has 3 heterocycles. The summed E-state index contributed by atoms with van der Waals surface area (Å²) >= 11 is 1.73. The number of benzene rings is 1. The van der Waals surface area contributed by atoms with Gasteiger partial charge in [0.1, 0.15) is 10.6 Å². The molecule has 1 fully saturated rings. The minimum Gasteiger partial charge on any atom is -0.492 e. The number of sulfonamides is 1. The van der Waals surface area contributed by atoms with Gasteiger partial charge in [0, 0.05) is 25.6 Å². The van der Waals surface area contributed by atoms with Gasteiger partial charge in [0.05, 0.1) is 6.61 Å². The van der Waals surface area contributed by atoms with Gasteiger partial charge in [0.25, 0.3) is 0 Å². The highest BCUT2D eigenvalue weighted by Gasteiger charge is 2.41. The van der Waals surface area contributed by atoms with E-state index in [1.54, 1.807) is 36.6 Å². The van der Waals surface area contributed by atoms with Gasteiger partial charge >= 0.3 is 12.1 Å². The van der Waals surface area contributed by atoms with Crippen molar-refractivity contribution in [3.05, 3.63) is 46.7 Å². The number of likely N-dealkylation sites (tertiary alicyclic amines) is 1. The number of rotatable bonds is 2. The molecule has 0 saturated carbocycles. The lowest BCUT2D eigenvalue weighted by molar-refractivity contribution is -0.192. The van der Waals surface area contributed by atoms with Crippen LogP contribution in [-0.2, 0) is 21.4 Å².